The van der Waals surface area contributed by atoms with Crippen LogP contribution in [0.2, 0.25) is 0 Å². The van der Waals surface area contributed by atoms with Crippen molar-refractivity contribution in [3.8, 4) is 0 Å². The average molecular weight is 307 g/mol. The molecule has 2 heterocycles. The number of piperidine rings is 1. The van der Waals surface area contributed by atoms with Gasteiger partial charge in [0, 0.05) is 22.8 Å². The molecule has 1 saturated carbocycles. The van der Waals surface area contributed by atoms with Crippen molar-refractivity contribution < 1.29 is 0 Å². The zero-order valence-electron chi connectivity index (χ0n) is 13.5. The molecule has 21 heavy (non-hydrogen) atoms. The summed E-state index contributed by atoms with van der Waals surface area (Å²) in [5.74, 6) is 0. The number of nitrogens with zero attached hydrogens (tertiary/aromatic N) is 1. The third-order valence-corrected chi connectivity index (χ3v) is 6.47. The van der Waals surface area contributed by atoms with Gasteiger partial charge in [0.05, 0.1) is 0 Å². The van der Waals surface area contributed by atoms with E-state index in [4.69, 9.17) is 0 Å². The molecule has 2 nitrogen and oxygen atoms in total. The van der Waals surface area contributed by atoms with Crippen molar-refractivity contribution in [2.75, 3.05) is 19.6 Å². The maximum absolute atomic E-state index is 3.50. The molecular weight excluding hydrogens is 276 g/mol. The van der Waals surface area contributed by atoms with Crippen molar-refractivity contribution in [3.63, 3.8) is 0 Å². The third kappa shape index (κ3) is 4.08. The first kappa shape index (κ1) is 15.5. The Morgan fingerprint density at radius 3 is 2.52 bits per heavy atom. The number of likely N-dealkylation sites (tertiary alicyclic amines) is 1. The van der Waals surface area contributed by atoms with Crippen LogP contribution in [0, 0.1) is 5.41 Å². The van der Waals surface area contributed by atoms with Gasteiger partial charge >= 0.3 is 0 Å². The Morgan fingerprint density at radius 2 is 1.81 bits per heavy atom. The summed E-state index contributed by atoms with van der Waals surface area (Å²) in [5.41, 5.74) is 0.751. The summed E-state index contributed by atoms with van der Waals surface area (Å²) in [6, 6.07) is 4.65. The smallest absolute Gasteiger partial charge is 0.0328 e. The lowest BCUT2D eigenvalue weighted by molar-refractivity contribution is 0.104. The standard InChI is InChI=1S/C18H30N2S/c1-2-11-19-14-16-5-6-17(21-16)15-20-12-9-18(10-13-20)7-3-4-8-18/h5-6,19H,2-4,7-15H2,1H3. The molecule has 3 rings (SSSR count). The zero-order chi connectivity index (χ0) is 14.5. The molecule has 1 aliphatic carbocycles. The highest BCUT2D eigenvalue weighted by Gasteiger charge is 2.36. The van der Waals surface area contributed by atoms with E-state index in [1.807, 2.05) is 11.3 Å². The van der Waals surface area contributed by atoms with Crippen LogP contribution in [0.4, 0.5) is 0 Å². The Labute approximate surface area is 133 Å². The molecule has 1 aliphatic heterocycles. The Balaban J connectivity index is 1.44. The van der Waals surface area contributed by atoms with E-state index in [1.54, 1.807) is 4.88 Å². The van der Waals surface area contributed by atoms with E-state index in [1.165, 1.54) is 69.5 Å². The quantitative estimate of drug-likeness (QED) is 0.783. The summed E-state index contributed by atoms with van der Waals surface area (Å²) >= 11 is 2.00. The van der Waals surface area contributed by atoms with Gasteiger partial charge in [-0.25, -0.2) is 0 Å². The van der Waals surface area contributed by atoms with Gasteiger partial charge in [0.1, 0.15) is 0 Å². The fourth-order valence-electron chi connectivity index (χ4n) is 4.02. The van der Waals surface area contributed by atoms with Gasteiger partial charge in [-0.3, -0.25) is 4.90 Å². The van der Waals surface area contributed by atoms with Gasteiger partial charge in [0.15, 0.2) is 0 Å². The van der Waals surface area contributed by atoms with Crippen molar-refractivity contribution in [2.24, 2.45) is 5.41 Å². The van der Waals surface area contributed by atoms with Crippen LogP contribution >= 0.6 is 11.3 Å². The first-order valence-electron chi connectivity index (χ1n) is 8.80. The monoisotopic (exact) mass is 306 g/mol. The first-order valence-corrected chi connectivity index (χ1v) is 9.62. The first-order chi connectivity index (χ1) is 10.3. The van der Waals surface area contributed by atoms with Crippen molar-refractivity contribution in [1.29, 1.82) is 0 Å². The zero-order valence-corrected chi connectivity index (χ0v) is 14.3. The van der Waals surface area contributed by atoms with Gasteiger partial charge in [-0.15, -0.1) is 11.3 Å². The van der Waals surface area contributed by atoms with Crippen LogP contribution in [0.1, 0.15) is 61.6 Å². The van der Waals surface area contributed by atoms with Gasteiger partial charge in [0.25, 0.3) is 0 Å². The van der Waals surface area contributed by atoms with Crippen LogP contribution in [0.25, 0.3) is 0 Å². The molecule has 0 aromatic carbocycles. The average Bonchev–Trinajstić information content (AvgIpc) is 3.12. The van der Waals surface area contributed by atoms with Gasteiger partial charge < -0.3 is 5.32 Å². The lowest BCUT2D eigenvalue weighted by Gasteiger charge is -2.39. The summed E-state index contributed by atoms with van der Waals surface area (Å²) in [7, 11) is 0. The molecule has 1 spiro atoms. The van der Waals surface area contributed by atoms with Gasteiger partial charge in [0.2, 0.25) is 0 Å². The Hall–Kier alpha value is -0.380. The molecule has 3 heteroatoms. The Kier molecular flexibility index (Phi) is 5.36. The molecular formula is C18H30N2S. The van der Waals surface area contributed by atoms with Crippen molar-refractivity contribution in [3.05, 3.63) is 21.9 Å². The molecule has 118 valence electrons. The van der Waals surface area contributed by atoms with Crippen LogP contribution in [0.15, 0.2) is 12.1 Å². The molecule has 2 aliphatic rings. The summed E-state index contributed by atoms with van der Waals surface area (Å²) in [4.78, 5) is 5.71. The normalized spacial score (nSPS) is 22.1. The van der Waals surface area contributed by atoms with Crippen molar-refractivity contribution >= 4 is 11.3 Å². The van der Waals surface area contributed by atoms with Gasteiger partial charge in [-0.05, 0) is 69.3 Å². The van der Waals surface area contributed by atoms with Crippen LogP contribution in [0.3, 0.4) is 0 Å². The third-order valence-electron chi connectivity index (χ3n) is 5.40. The van der Waals surface area contributed by atoms with Crippen LogP contribution in [-0.4, -0.2) is 24.5 Å². The predicted molar refractivity (Wildman–Crippen MR) is 91.7 cm³/mol. The minimum absolute atomic E-state index is 0.751. The molecule has 2 fully saturated rings. The topological polar surface area (TPSA) is 15.3 Å². The van der Waals surface area contributed by atoms with E-state index in [-0.39, 0.29) is 0 Å². The van der Waals surface area contributed by atoms with E-state index in [9.17, 15) is 0 Å². The number of rotatable bonds is 6. The number of nitrogens with one attached hydrogen (secondary N) is 1. The maximum atomic E-state index is 3.50. The number of hydrogen-bond acceptors (Lipinski definition) is 3. The van der Waals surface area contributed by atoms with Crippen LogP contribution < -0.4 is 5.32 Å². The SMILES string of the molecule is CCCNCc1ccc(CN2CCC3(CCCC3)CC2)s1. The lowest BCUT2D eigenvalue weighted by Crippen LogP contribution is -2.38. The summed E-state index contributed by atoms with van der Waals surface area (Å²) in [5, 5.41) is 3.50. The lowest BCUT2D eigenvalue weighted by atomic mass is 9.77. The van der Waals surface area contributed by atoms with Crippen molar-refractivity contribution in [1.82, 2.24) is 10.2 Å². The second kappa shape index (κ2) is 7.26. The fraction of sp³-hybridized carbons (Fsp3) is 0.778. The van der Waals surface area contributed by atoms with Gasteiger partial charge in [-0.1, -0.05) is 19.8 Å². The Morgan fingerprint density at radius 1 is 1.10 bits per heavy atom. The number of thiophene rings is 1. The summed E-state index contributed by atoms with van der Waals surface area (Å²) in [6.45, 7) is 8.21. The largest absolute Gasteiger partial charge is 0.312 e. The van der Waals surface area contributed by atoms with E-state index >= 15 is 0 Å². The maximum Gasteiger partial charge on any atom is 0.0328 e. The van der Waals surface area contributed by atoms with Gasteiger partial charge in [-0.2, -0.15) is 0 Å². The van der Waals surface area contributed by atoms with E-state index < -0.39 is 0 Å². The molecule has 1 N–H and O–H groups in total. The molecule has 0 unspecified atom stereocenters. The fourth-order valence-corrected chi connectivity index (χ4v) is 5.05. The van der Waals surface area contributed by atoms with Crippen LogP contribution in [-0.2, 0) is 13.1 Å². The summed E-state index contributed by atoms with van der Waals surface area (Å²) < 4.78 is 0. The van der Waals surface area contributed by atoms with E-state index in [0.29, 0.717) is 0 Å². The molecule has 0 amide bonds. The molecule has 0 radical (unpaired) electrons. The molecule has 1 saturated heterocycles. The summed E-state index contributed by atoms with van der Waals surface area (Å²) in [6.07, 6.45) is 10.1. The molecule has 1 aromatic heterocycles. The second-order valence-corrected chi connectivity index (χ2v) is 8.28. The second-order valence-electron chi connectivity index (χ2n) is 7.03. The highest BCUT2D eigenvalue weighted by atomic mass is 32.1. The molecule has 0 atom stereocenters. The predicted octanol–water partition coefficient (Wildman–Crippen LogP) is 4.40. The Bertz CT molecular complexity index is 424. The van der Waals surface area contributed by atoms with E-state index in [0.717, 1.165) is 18.5 Å². The molecule has 1 aromatic rings. The molecule has 0 bridgehead atoms. The van der Waals surface area contributed by atoms with E-state index in [2.05, 4.69) is 29.3 Å². The minimum Gasteiger partial charge on any atom is -0.312 e. The highest BCUT2D eigenvalue weighted by Crippen LogP contribution is 2.46. The van der Waals surface area contributed by atoms with Crippen LogP contribution in [0.5, 0.6) is 0 Å². The highest BCUT2D eigenvalue weighted by molar-refractivity contribution is 7.11. The minimum atomic E-state index is 0.751. The van der Waals surface area contributed by atoms with Crippen molar-refractivity contribution in [2.45, 2.75) is 65.0 Å². The number of hydrogen-bond donors (Lipinski definition) is 1.